The first kappa shape index (κ1) is 19.3. The van der Waals surface area contributed by atoms with Crippen LogP contribution in [0.25, 0.3) is 0 Å². The summed E-state index contributed by atoms with van der Waals surface area (Å²) in [5.41, 5.74) is -0.608. The minimum absolute atomic E-state index is 0.138. The molecule has 1 aromatic carbocycles. The molecule has 4 rings (SSSR count). The van der Waals surface area contributed by atoms with Gasteiger partial charge in [-0.2, -0.15) is 0 Å². The van der Waals surface area contributed by atoms with E-state index >= 15 is 0 Å². The monoisotopic (exact) mass is 408 g/mol. The molecule has 1 N–H and O–H groups in total. The van der Waals surface area contributed by atoms with E-state index in [0.717, 1.165) is 10.7 Å². The second-order valence-corrected chi connectivity index (χ2v) is 10.7. The van der Waals surface area contributed by atoms with E-state index in [4.69, 9.17) is 0 Å². The van der Waals surface area contributed by atoms with Crippen molar-refractivity contribution >= 4 is 15.9 Å². The zero-order valence-electron chi connectivity index (χ0n) is 15.8. The number of fused-ring (bicyclic) bond motifs is 1. The van der Waals surface area contributed by atoms with E-state index < -0.39 is 44.5 Å². The molecule has 1 spiro atoms. The number of carbonyl (C=O) groups excluding carboxylic acids is 1. The van der Waals surface area contributed by atoms with E-state index in [1.54, 1.807) is 18.2 Å². The zero-order chi connectivity index (χ0) is 20.5. The second-order valence-electron chi connectivity index (χ2n) is 8.84. The minimum Gasteiger partial charge on any atom is -0.377 e. The lowest BCUT2D eigenvalue weighted by atomic mass is 9.69. The van der Waals surface area contributed by atoms with E-state index in [1.807, 2.05) is 13.8 Å². The highest BCUT2D eigenvalue weighted by Gasteiger charge is 2.72. The van der Waals surface area contributed by atoms with Crippen LogP contribution in [0.3, 0.4) is 0 Å². The number of hydrogen-bond acceptors (Lipinski definition) is 6. The minimum atomic E-state index is -3.95. The van der Waals surface area contributed by atoms with Crippen LogP contribution in [0.5, 0.6) is 0 Å². The van der Waals surface area contributed by atoms with E-state index in [0.29, 0.717) is 18.8 Å². The van der Waals surface area contributed by atoms with Crippen molar-refractivity contribution in [1.29, 1.82) is 0 Å². The van der Waals surface area contributed by atoms with Gasteiger partial charge >= 0.3 is 0 Å². The largest absolute Gasteiger partial charge is 0.377 e. The Labute approximate surface area is 163 Å². The molecule has 2 bridgehead atoms. The fourth-order valence-corrected chi connectivity index (χ4v) is 8.47. The van der Waals surface area contributed by atoms with Crippen LogP contribution < -0.4 is 0 Å². The maximum absolute atomic E-state index is 13.1. The summed E-state index contributed by atoms with van der Waals surface area (Å²) in [4.78, 5) is 24.0. The molecule has 5 atom stereocenters. The summed E-state index contributed by atoms with van der Waals surface area (Å²) in [6, 6.07) is 5.46. The van der Waals surface area contributed by atoms with Crippen LogP contribution in [0, 0.1) is 26.9 Å². The molecule has 152 valence electrons. The molecule has 28 heavy (non-hydrogen) atoms. The smallest absolute Gasteiger partial charge is 0.272 e. The average Bonchev–Trinajstić information content (AvgIpc) is 3.09. The van der Waals surface area contributed by atoms with Crippen molar-refractivity contribution in [3.63, 3.8) is 0 Å². The summed E-state index contributed by atoms with van der Waals surface area (Å²) in [5, 5.41) is 22.2. The van der Waals surface area contributed by atoms with Crippen LogP contribution in [-0.2, 0) is 14.8 Å². The number of rotatable bonds is 4. The fraction of sp³-hybridized carbons (Fsp3) is 0.632. The number of nitrogens with zero attached hydrogens (tertiary/aromatic N) is 2. The Kier molecular flexibility index (Phi) is 4.14. The fourth-order valence-electron chi connectivity index (χ4n) is 5.91. The third-order valence-electron chi connectivity index (χ3n) is 7.55. The Morgan fingerprint density at radius 3 is 2.54 bits per heavy atom. The third-order valence-corrected chi connectivity index (χ3v) is 9.46. The van der Waals surface area contributed by atoms with Gasteiger partial charge in [-0.05, 0) is 30.6 Å². The van der Waals surface area contributed by atoms with Crippen LogP contribution in [0.15, 0.2) is 30.3 Å². The SMILES string of the molecule is CC1(C)[C@@H]2CC[C@]13CS(=O)(=O)N(C(=O)[C@@H](O)[C@@H](c1ccccc1)[N+](=O)[O-])[C@@H]3C2. The van der Waals surface area contributed by atoms with E-state index in [1.165, 1.54) is 12.1 Å². The van der Waals surface area contributed by atoms with Gasteiger partial charge in [-0.15, -0.1) is 0 Å². The van der Waals surface area contributed by atoms with E-state index in [2.05, 4.69) is 0 Å². The van der Waals surface area contributed by atoms with Crippen LogP contribution in [-0.4, -0.2) is 46.6 Å². The molecular formula is C19H24N2O6S. The van der Waals surface area contributed by atoms with Crippen LogP contribution in [0.4, 0.5) is 0 Å². The molecule has 2 aliphatic carbocycles. The molecule has 0 radical (unpaired) electrons. The van der Waals surface area contributed by atoms with Gasteiger partial charge < -0.3 is 5.11 Å². The molecule has 0 unspecified atom stereocenters. The van der Waals surface area contributed by atoms with Gasteiger partial charge in [-0.25, -0.2) is 12.7 Å². The van der Waals surface area contributed by atoms with Gasteiger partial charge in [0.1, 0.15) is 0 Å². The van der Waals surface area contributed by atoms with Crippen molar-refractivity contribution in [2.75, 3.05) is 5.75 Å². The zero-order valence-corrected chi connectivity index (χ0v) is 16.6. The lowest BCUT2D eigenvalue weighted by Gasteiger charge is -2.37. The molecule has 8 nitrogen and oxygen atoms in total. The van der Waals surface area contributed by atoms with Gasteiger partial charge in [0, 0.05) is 15.9 Å². The van der Waals surface area contributed by atoms with Crippen molar-refractivity contribution in [2.45, 2.75) is 51.3 Å². The molecule has 3 aliphatic rings. The Morgan fingerprint density at radius 2 is 1.96 bits per heavy atom. The van der Waals surface area contributed by atoms with Gasteiger partial charge in [0.05, 0.1) is 11.8 Å². The molecular weight excluding hydrogens is 384 g/mol. The van der Waals surface area contributed by atoms with Gasteiger partial charge in [0.15, 0.2) is 0 Å². The van der Waals surface area contributed by atoms with E-state index in [-0.39, 0.29) is 16.7 Å². The Balaban J connectivity index is 1.71. The molecule has 0 aromatic heterocycles. The van der Waals surface area contributed by atoms with Crippen molar-refractivity contribution in [1.82, 2.24) is 4.31 Å². The van der Waals surface area contributed by atoms with Crippen LogP contribution in [0.1, 0.15) is 44.7 Å². The van der Waals surface area contributed by atoms with Gasteiger partial charge in [-0.3, -0.25) is 14.9 Å². The highest BCUT2D eigenvalue weighted by Crippen LogP contribution is 2.70. The van der Waals surface area contributed by atoms with Crippen molar-refractivity contribution in [2.24, 2.45) is 16.7 Å². The maximum atomic E-state index is 13.1. The summed E-state index contributed by atoms with van der Waals surface area (Å²) < 4.78 is 26.7. The van der Waals surface area contributed by atoms with Crippen molar-refractivity contribution < 1.29 is 23.2 Å². The highest BCUT2D eigenvalue weighted by molar-refractivity contribution is 7.90. The summed E-state index contributed by atoms with van der Waals surface area (Å²) in [6.45, 7) is 4.10. The molecule has 1 aromatic rings. The van der Waals surface area contributed by atoms with Gasteiger partial charge in [0.25, 0.3) is 11.9 Å². The second kappa shape index (κ2) is 6.00. The topological polar surface area (TPSA) is 118 Å². The number of aliphatic hydroxyl groups is 1. The molecule has 3 fully saturated rings. The molecule has 9 heteroatoms. The highest BCUT2D eigenvalue weighted by atomic mass is 32.2. The number of benzene rings is 1. The Morgan fingerprint density at radius 1 is 1.32 bits per heavy atom. The summed E-state index contributed by atoms with van der Waals surface area (Å²) >= 11 is 0. The quantitative estimate of drug-likeness (QED) is 0.599. The summed E-state index contributed by atoms with van der Waals surface area (Å²) in [5.74, 6) is -0.919. The number of carbonyl (C=O) groups is 1. The number of nitro groups is 1. The number of hydrogen-bond donors (Lipinski definition) is 1. The first-order valence-electron chi connectivity index (χ1n) is 9.45. The Bertz CT molecular complexity index is 931. The van der Waals surface area contributed by atoms with Crippen LogP contribution >= 0.6 is 0 Å². The lowest BCUT2D eigenvalue weighted by Crippen LogP contribution is -2.50. The number of aliphatic hydroxyl groups excluding tert-OH is 1. The average molecular weight is 408 g/mol. The van der Waals surface area contributed by atoms with Crippen molar-refractivity contribution in [3.05, 3.63) is 46.0 Å². The molecule has 1 heterocycles. The van der Waals surface area contributed by atoms with Crippen molar-refractivity contribution in [3.8, 4) is 0 Å². The standard InChI is InChI=1S/C19H24N2O6S/c1-18(2)13-8-9-19(18)11-28(26,27)20(14(19)10-13)17(23)16(22)15(21(24)25)12-6-4-3-5-7-12/h3-7,13-16,22H,8-11H2,1-2H3/t13-,14-,15-,16+,19-/m1/s1. The predicted molar refractivity (Wildman–Crippen MR) is 100 cm³/mol. The van der Waals surface area contributed by atoms with E-state index in [9.17, 15) is 28.4 Å². The number of amides is 1. The van der Waals surface area contributed by atoms with Gasteiger partial charge in [0.2, 0.25) is 16.1 Å². The summed E-state index contributed by atoms with van der Waals surface area (Å²) in [7, 11) is -3.95. The van der Waals surface area contributed by atoms with Gasteiger partial charge in [-0.1, -0.05) is 44.2 Å². The van der Waals surface area contributed by atoms with Crippen LogP contribution in [0.2, 0.25) is 0 Å². The maximum Gasteiger partial charge on any atom is 0.272 e. The normalized spacial score (nSPS) is 34.0. The molecule has 1 aliphatic heterocycles. The first-order chi connectivity index (χ1) is 13.0. The summed E-state index contributed by atoms with van der Waals surface area (Å²) in [6.07, 6.45) is 0.125. The lowest BCUT2D eigenvalue weighted by molar-refractivity contribution is -0.538. The number of sulfonamides is 1. The predicted octanol–water partition coefficient (Wildman–Crippen LogP) is 1.73. The molecule has 2 saturated carbocycles. The first-order valence-corrected chi connectivity index (χ1v) is 11.1. The molecule has 1 saturated heterocycles. The third kappa shape index (κ3) is 2.38. The molecule has 1 amide bonds. The Hall–Kier alpha value is -2.00.